The fourth-order valence-corrected chi connectivity index (χ4v) is 2.80. The van der Waals surface area contributed by atoms with Crippen LogP contribution in [-0.4, -0.2) is 36.0 Å². The van der Waals surface area contributed by atoms with Crippen LogP contribution in [0.4, 0.5) is 13.2 Å². The number of hydrogen-bond acceptors (Lipinski definition) is 5. The highest BCUT2D eigenvalue weighted by Crippen LogP contribution is 2.32. The highest BCUT2D eigenvalue weighted by molar-refractivity contribution is 5.94. The van der Waals surface area contributed by atoms with E-state index in [2.05, 4.69) is 10.1 Å². The molecule has 1 amide bonds. The molecule has 0 saturated carbocycles. The summed E-state index contributed by atoms with van der Waals surface area (Å²) in [5, 5.41) is 5.82. The summed E-state index contributed by atoms with van der Waals surface area (Å²) in [4.78, 5) is 21.1. The molecule has 9 heteroatoms. The molecule has 3 rings (SSSR count). The molecule has 1 aromatic heterocycles. The third-order valence-electron chi connectivity index (χ3n) is 4.16. The molecule has 0 bridgehead atoms. The standard InChI is InChI=1S/C19H18F3N3O3/c1-27-14-6-4-5-12(10-14)9-13-11-16(28-25-13)18(26)24-17(19(20,21)22)15-7-2-3-8-23-15/h2-8,10,16-17H,9,11H2,1H3,(H,24,26)/t16-,17-/m1/s1. The molecular weight excluding hydrogens is 375 g/mol. The number of hydrogen-bond donors (Lipinski definition) is 1. The van der Waals surface area contributed by atoms with E-state index in [1.807, 2.05) is 23.5 Å². The SMILES string of the molecule is COc1cccc(CC2=NO[C@@H](C(=O)N[C@H](c3ccccn3)C(F)(F)F)C2)c1. The average Bonchev–Trinajstić information content (AvgIpc) is 3.14. The van der Waals surface area contributed by atoms with Crippen molar-refractivity contribution in [3.05, 3.63) is 59.9 Å². The van der Waals surface area contributed by atoms with E-state index < -0.39 is 24.2 Å². The van der Waals surface area contributed by atoms with Gasteiger partial charge < -0.3 is 14.9 Å². The first-order valence-corrected chi connectivity index (χ1v) is 8.49. The van der Waals surface area contributed by atoms with E-state index in [-0.39, 0.29) is 12.1 Å². The van der Waals surface area contributed by atoms with E-state index in [1.54, 1.807) is 13.2 Å². The van der Waals surface area contributed by atoms with Gasteiger partial charge in [0.05, 0.1) is 18.5 Å². The van der Waals surface area contributed by atoms with Crippen LogP contribution in [0.25, 0.3) is 0 Å². The number of aromatic nitrogens is 1. The molecule has 1 N–H and O–H groups in total. The Bertz CT molecular complexity index is 856. The number of nitrogens with one attached hydrogen (secondary N) is 1. The lowest BCUT2D eigenvalue weighted by Gasteiger charge is -2.22. The second-order valence-electron chi connectivity index (χ2n) is 6.22. The number of alkyl halides is 3. The lowest BCUT2D eigenvalue weighted by molar-refractivity contribution is -0.167. The maximum atomic E-state index is 13.4. The Hall–Kier alpha value is -3.10. The summed E-state index contributed by atoms with van der Waals surface area (Å²) >= 11 is 0. The van der Waals surface area contributed by atoms with Crippen molar-refractivity contribution < 1.29 is 27.5 Å². The van der Waals surface area contributed by atoms with Crippen molar-refractivity contribution in [2.75, 3.05) is 7.11 Å². The van der Waals surface area contributed by atoms with Gasteiger partial charge in [-0.15, -0.1) is 0 Å². The number of halogens is 3. The Morgan fingerprint density at radius 1 is 1.32 bits per heavy atom. The molecule has 28 heavy (non-hydrogen) atoms. The molecule has 2 aromatic rings. The molecule has 0 unspecified atom stereocenters. The highest BCUT2D eigenvalue weighted by atomic mass is 19.4. The first-order chi connectivity index (χ1) is 13.4. The number of nitrogens with zero attached hydrogens (tertiary/aromatic N) is 2. The first-order valence-electron chi connectivity index (χ1n) is 8.49. The topological polar surface area (TPSA) is 72.8 Å². The van der Waals surface area contributed by atoms with Crippen LogP contribution in [0.3, 0.4) is 0 Å². The van der Waals surface area contributed by atoms with Crippen LogP contribution in [0.1, 0.15) is 23.7 Å². The number of carbonyl (C=O) groups excluding carboxylic acids is 1. The molecule has 0 saturated heterocycles. The number of oxime groups is 1. The van der Waals surface area contributed by atoms with Crippen LogP contribution in [0.15, 0.2) is 53.8 Å². The largest absolute Gasteiger partial charge is 0.497 e. The maximum Gasteiger partial charge on any atom is 0.414 e. The number of amides is 1. The van der Waals surface area contributed by atoms with Crippen molar-refractivity contribution >= 4 is 11.6 Å². The number of ether oxygens (including phenoxy) is 1. The Morgan fingerprint density at radius 3 is 2.82 bits per heavy atom. The number of rotatable bonds is 6. The van der Waals surface area contributed by atoms with Crippen LogP contribution in [-0.2, 0) is 16.1 Å². The predicted molar refractivity (Wildman–Crippen MR) is 94.8 cm³/mol. The summed E-state index contributed by atoms with van der Waals surface area (Å²) < 4.78 is 45.2. The van der Waals surface area contributed by atoms with Crippen molar-refractivity contribution in [2.45, 2.75) is 31.2 Å². The Labute approximate surface area is 159 Å². The summed E-state index contributed by atoms with van der Waals surface area (Å²) in [5.74, 6) is -0.216. The zero-order chi connectivity index (χ0) is 20.1. The highest BCUT2D eigenvalue weighted by Gasteiger charge is 2.44. The minimum absolute atomic E-state index is 0.107. The predicted octanol–water partition coefficient (Wildman–Crippen LogP) is 3.20. The summed E-state index contributed by atoms with van der Waals surface area (Å²) in [5.41, 5.74) is 1.16. The minimum Gasteiger partial charge on any atom is -0.497 e. The Morgan fingerprint density at radius 2 is 2.14 bits per heavy atom. The van der Waals surface area contributed by atoms with Gasteiger partial charge >= 0.3 is 6.18 Å². The smallest absolute Gasteiger partial charge is 0.414 e. The van der Waals surface area contributed by atoms with E-state index >= 15 is 0 Å². The molecule has 148 valence electrons. The fourth-order valence-electron chi connectivity index (χ4n) is 2.80. The van der Waals surface area contributed by atoms with Gasteiger partial charge in [-0.2, -0.15) is 13.2 Å². The Balaban J connectivity index is 1.62. The summed E-state index contributed by atoms with van der Waals surface area (Å²) in [6, 6.07) is 9.20. The van der Waals surface area contributed by atoms with E-state index in [4.69, 9.17) is 9.57 Å². The molecule has 1 aromatic carbocycles. The van der Waals surface area contributed by atoms with Crippen LogP contribution in [0.2, 0.25) is 0 Å². The summed E-state index contributed by atoms with van der Waals surface area (Å²) in [6.07, 6.45) is -4.05. The second kappa shape index (κ2) is 8.28. The van der Waals surface area contributed by atoms with Crippen molar-refractivity contribution in [3.63, 3.8) is 0 Å². The van der Waals surface area contributed by atoms with Crippen LogP contribution < -0.4 is 10.1 Å². The number of methoxy groups -OCH3 is 1. The number of benzene rings is 1. The van der Waals surface area contributed by atoms with Gasteiger partial charge in [-0.05, 0) is 29.8 Å². The van der Waals surface area contributed by atoms with E-state index in [1.165, 1.54) is 24.4 Å². The molecule has 0 spiro atoms. The quantitative estimate of drug-likeness (QED) is 0.818. The van der Waals surface area contributed by atoms with Crippen molar-refractivity contribution in [3.8, 4) is 5.75 Å². The van der Waals surface area contributed by atoms with Crippen LogP contribution in [0.5, 0.6) is 5.75 Å². The molecule has 6 nitrogen and oxygen atoms in total. The molecule has 2 atom stereocenters. The van der Waals surface area contributed by atoms with Gasteiger partial charge in [-0.25, -0.2) is 0 Å². The minimum atomic E-state index is -4.69. The van der Waals surface area contributed by atoms with Crippen molar-refractivity contribution in [1.29, 1.82) is 0 Å². The molecule has 0 fully saturated rings. The molecule has 1 aliphatic heterocycles. The zero-order valence-corrected chi connectivity index (χ0v) is 14.9. The maximum absolute atomic E-state index is 13.4. The first kappa shape index (κ1) is 19.7. The number of carbonyl (C=O) groups is 1. The fraction of sp³-hybridized carbons (Fsp3) is 0.316. The lowest BCUT2D eigenvalue weighted by atomic mass is 10.0. The lowest BCUT2D eigenvalue weighted by Crippen LogP contribution is -2.43. The van der Waals surface area contributed by atoms with Crippen molar-refractivity contribution in [2.24, 2.45) is 5.16 Å². The monoisotopic (exact) mass is 393 g/mol. The van der Waals surface area contributed by atoms with Gasteiger partial charge in [0.25, 0.3) is 5.91 Å². The molecule has 2 heterocycles. The molecule has 1 aliphatic rings. The van der Waals surface area contributed by atoms with Gasteiger partial charge in [0.2, 0.25) is 6.10 Å². The zero-order valence-electron chi connectivity index (χ0n) is 14.9. The van der Waals surface area contributed by atoms with Gasteiger partial charge in [0.15, 0.2) is 6.04 Å². The third-order valence-corrected chi connectivity index (χ3v) is 4.16. The van der Waals surface area contributed by atoms with Gasteiger partial charge in [0.1, 0.15) is 5.75 Å². The molecule has 0 aliphatic carbocycles. The Kier molecular flexibility index (Phi) is 5.81. The van der Waals surface area contributed by atoms with Crippen LogP contribution >= 0.6 is 0 Å². The van der Waals surface area contributed by atoms with Gasteiger partial charge in [-0.1, -0.05) is 23.4 Å². The van der Waals surface area contributed by atoms with Gasteiger partial charge in [-0.3, -0.25) is 9.78 Å². The molecule has 0 radical (unpaired) electrons. The van der Waals surface area contributed by atoms with E-state index in [9.17, 15) is 18.0 Å². The normalized spacial score (nSPS) is 17.4. The summed E-state index contributed by atoms with van der Waals surface area (Å²) in [7, 11) is 1.55. The third kappa shape index (κ3) is 4.79. The van der Waals surface area contributed by atoms with E-state index in [0.29, 0.717) is 17.9 Å². The average molecular weight is 393 g/mol. The van der Waals surface area contributed by atoms with Crippen LogP contribution in [0, 0.1) is 0 Å². The summed E-state index contributed by atoms with van der Waals surface area (Å²) in [6.45, 7) is 0. The van der Waals surface area contributed by atoms with E-state index in [0.717, 1.165) is 5.56 Å². The molecular formula is C19H18F3N3O3. The number of pyridine rings is 1. The second-order valence-corrected chi connectivity index (χ2v) is 6.22. The van der Waals surface area contributed by atoms with Crippen molar-refractivity contribution in [1.82, 2.24) is 10.3 Å². The van der Waals surface area contributed by atoms with Gasteiger partial charge in [0, 0.05) is 19.0 Å².